The topological polar surface area (TPSA) is 32.7 Å². The highest BCUT2D eigenvalue weighted by Crippen LogP contribution is 2.28. The SMILES string of the molecule is CC(C)=C1N=CN(C)C(=O)C1C(C)C. The molecule has 1 aliphatic rings. The van der Waals surface area contributed by atoms with Crippen LogP contribution in [0.4, 0.5) is 0 Å². The van der Waals surface area contributed by atoms with Gasteiger partial charge < -0.3 is 4.90 Å². The van der Waals surface area contributed by atoms with Crippen molar-refractivity contribution in [2.24, 2.45) is 16.8 Å². The van der Waals surface area contributed by atoms with Crippen molar-refractivity contribution >= 4 is 12.2 Å². The van der Waals surface area contributed by atoms with Crippen LogP contribution in [0.5, 0.6) is 0 Å². The zero-order valence-corrected chi connectivity index (χ0v) is 9.53. The van der Waals surface area contributed by atoms with Crippen molar-refractivity contribution in [2.75, 3.05) is 7.05 Å². The number of amides is 1. The van der Waals surface area contributed by atoms with Crippen LogP contribution in [0, 0.1) is 11.8 Å². The van der Waals surface area contributed by atoms with Gasteiger partial charge in [0.25, 0.3) is 0 Å². The first-order valence-electron chi connectivity index (χ1n) is 4.93. The van der Waals surface area contributed by atoms with Crippen molar-refractivity contribution < 1.29 is 4.79 Å². The fourth-order valence-electron chi connectivity index (χ4n) is 1.66. The van der Waals surface area contributed by atoms with Crippen molar-refractivity contribution in [3.63, 3.8) is 0 Å². The molecule has 78 valence electrons. The lowest BCUT2D eigenvalue weighted by atomic mass is 9.88. The molecule has 0 aliphatic carbocycles. The Bertz CT molecular complexity index is 298. The predicted octanol–water partition coefficient (Wildman–Crippen LogP) is 2.05. The van der Waals surface area contributed by atoms with Gasteiger partial charge in [-0.1, -0.05) is 19.4 Å². The summed E-state index contributed by atoms with van der Waals surface area (Å²) in [4.78, 5) is 17.8. The summed E-state index contributed by atoms with van der Waals surface area (Å²) in [6.07, 6.45) is 1.60. The largest absolute Gasteiger partial charge is 0.305 e. The second-order valence-electron chi connectivity index (χ2n) is 4.30. The van der Waals surface area contributed by atoms with Gasteiger partial charge in [0, 0.05) is 7.05 Å². The molecule has 0 aromatic rings. The summed E-state index contributed by atoms with van der Waals surface area (Å²) in [7, 11) is 1.75. The van der Waals surface area contributed by atoms with Gasteiger partial charge in [-0.05, 0) is 19.8 Å². The smallest absolute Gasteiger partial charge is 0.236 e. The summed E-state index contributed by atoms with van der Waals surface area (Å²) in [6.45, 7) is 8.11. The van der Waals surface area contributed by atoms with Crippen LogP contribution in [-0.4, -0.2) is 24.2 Å². The van der Waals surface area contributed by atoms with Crippen molar-refractivity contribution in [2.45, 2.75) is 27.7 Å². The quantitative estimate of drug-likeness (QED) is 0.628. The van der Waals surface area contributed by atoms with E-state index >= 15 is 0 Å². The van der Waals surface area contributed by atoms with Crippen molar-refractivity contribution in [3.05, 3.63) is 11.3 Å². The van der Waals surface area contributed by atoms with Gasteiger partial charge in [-0.2, -0.15) is 0 Å². The van der Waals surface area contributed by atoms with Gasteiger partial charge in [0.15, 0.2) is 0 Å². The normalized spacial score (nSPS) is 22.1. The third kappa shape index (κ3) is 1.86. The summed E-state index contributed by atoms with van der Waals surface area (Å²) in [5, 5.41) is 0. The molecular formula is C11H18N2O. The molecule has 1 aliphatic heterocycles. The number of aliphatic imine (C=N–C) groups is 1. The lowest BCUT2D eigenvalue weighted by Gasteiger charge is -2.29. The number of allylic oxidation sites excluding steroid dienone is 1. The molecule has 0 bridgehead atoms. The third-order valence-electron chi connectivity index (χ3n) is 2.46. The molecule has 1 unspecified atom stereocenters. The van der Waals surface area contributed by atoms with Crippen molar-refractivity contribution in [1.29, 1.82) is 0 Å². The van der Waals surface area contributed by atoms with Gasteiger partial charge in [-0.3, -0.25) is 4.79 Å². The molecule has 0 saturated carbocycles. The van der Waals surface area contributed by atoms with Crippen LogP contribution in [0.25, 0.3) is 0 Å². The Kier molecular flexibility index (Phi) is 3.09. The van der Waals surface area contributed by atoms with E-state index in [2.05, 4.69) is 18.8 Å². The lowest BCUT2D eigenvalue weighted by Crippen LogP contribution is -2.38. The summed E-state index contributed by atoms with van der Waals surface area (Å²) < 4.78 is 0. The van der Waals surface area contributed by atoms with Crippen molar-refractivity contribution in [1.82, 2.24) is 4.90 Å². The van der Waals surface area contributed by atoms with Crippen LogP contribution in [0.1, 0.15) is 27.7 Å². The molecule has 0 saturated heterocycles. The molecule has 0 aromatic carbocycles. The number of carbonyl (C=O) groups excluding carboxylic acids is 1. The maximum absolute atomic E-state index is 11.9. The molecule has 1 amide bonds. The van der Waals surface area contributed by atoms with E-state index in [-0.39, 0.29) is 11.8 Å². The monoisotopic (exact) mass is 194 g/mol. The minimum atomic E-state index is -0.0741. The molecule has 1 atom stereocenters. The molecule has 0 radical (unpaired) electrons. The molecule has 1 heterocycles. The van der Waals surface area contributed by atoms with E-state index < -0.39 is 0 Å². The molecule has 0 N–H and O–H groups in total. The van der Waals surface area contributed by atoms with E-state index in [0.717, 1.165) is 11.3 Å². The Morgan fingerprint density at radius 3 is 2.50 bits per heavy atom. The molecule has 0 aromatic heterocycles. The predicted molar refractivity (Wildman–Crippen MR) is 58.0 cm³/mol. The summed E-state index contributed by atoms with van der Waals surface area (Å²) in [6, 6.07) is 0. The zero-order valence-electron chi connectivity index (χ0n) is 9.53. The van der Waals surface area contributed by atoms with Crippen LogP contribution < -0.4 is 0 Å². The van der Waals surface area contributed by atoms with E-state index in [1.54, 1.807) is 18.3 Å². The standard InChI is InChI=1S/C11H18N2O/c1-7(2)9-10(8(3)4)12-6-13(5)11(9)14/h6-7,9H,1-5H3. The van der Waals surface area contributed by atoms with Crippen molar-refractivity contribution in [3.8, 4) is 0 Å². The van der Waals surface area contributed by atoms with Gasteiger partial charge in [-0.25, -0.2) is 4.99 Å². The number of rotatable bonds is 1. The Hall–Kier alpha value is -1.12. The average Bonchev–Trinajstić information content (AvgIpc) is 2.08. The molecule has 3 nitrogen and oxygen atoms in total. The summed E-state index contributed by atoms with van der Waals surface area (Å²) >= 11 is 0. The zero-order chi connectivity index (χ0) is 10.9. The van der Waals surface area contributed by atoms with Crippen LogP contribution in [0.15, 0.2) is 16.3 Å². The second-order valence-corrected chi connectivity index (χ2v) is 4.30. The van der Waals surface area contributed by atoms with Gasteiger partial charge in [0.1, 0.15) is 0 Å². The van der Waals surface area contributed by atoms with Gasteiger partial charge in [0.2, 0.25) is 5.91 Å². The van der Waals surface area contributed by atoms with Gasteiger partial charge >= 0.3 is 0 Å². The van der Waals surface area contributed by atoms with Crippen LogP contribution in [-0.2, 0) is 4.79 Å². The average molecular weight is 194 g/mol. The summed E-state index contributed by atoms with van der Waals surface area (Å²) in [5.41, 5.74) is 2.06. The van der Waals surface area contributed by atoms with Gasteiger partial charge in [-0.15, -0.1) is 0 Å². The molecule has 0 fully saturated rings. The highest BCUT2D eigenvalue weighted by Gasteiger charge is 2.31. The summed E-state index contributed by atoms with van der Waals surface area (Å²) in [5.74, 6) is 0.369. The molecule has 3 heteroatoms. The van der Waals surface area contributed by atoms with Crippen LogP contribution in [0.2, 0.25) is 0 Å². The minimum Gasteiger partial charge on any atom is -0.305 e. The maximum Gasteiger partial charge on any atom is 0.236 e. The third-order valence-corrected chi connectivity index (χ3v) is 2.46. The maximum atomic E-state index is 11.9. The highest BCUT2D eigenvalue weighted by atomic mass is 16.2. The number of carbonyl (C=O) groups is 1. The van der Waals surface area contributed by atoms with E-state index in [1.807, 2.05) is 13.8 Å². The van der Waals surface area contributed by atoms with E-state index in [9.17, 15) is 4.79 Å². The molecule has 14 heavy (non-hydrogen) atoms. The van der Waals surface area contributed by atoms with E-state index in [4.69, 9.17) is 0 Å². The molecule has 1 rings (SSSR count). The minimum absolute atomic E-state index is 0.0741. The Balaban J connectivity index is 3.14. The highest BCUT2D eigenvalue weighted by molar-refractivity contribution is 5.93. The number of nitrogens with zero attached hydrogens (tertiary/aromatic N) is 2. The van der Waals surface area contributed by atoms with Crippen LogP contribution >= 0.6 is 0 Å². The van der Waals surface area contributed by atoms with Gasteiger partial charge in [0.05, 0.1) is 18.0 Å². The van der Waals surface area contributed by atoms with E-state index in [0.29, 0.717) is 5.92 Å². The first-order chi connectivity index (χ1) is 6.45. The molecular weight excluding hydrogens is 176 g/mol. The fraction of sp³-hybridized carbons (Fsp3) is 0.636. The number of hydrogen-bond acceptors (Lipinski definition) is 2. The Morgan fingerprint density at radius 2 is 2.07 bits per heavy atom. The lowest BCUT2D eigenvalue weighted by molar-refractivity contribution is -0.130. The van der Waals surface area contributed by atoms with E-state index in [1.165, 1.54) is 0 Å². The number of hydrogen-bond donors (Lipinski definition) is 0. The molecule has 0 spiro atoms. The Morgan fingerprint density at radius 1 is 1.50 bits per heavy atom. The van der Waals surface area contributed by atoms with Crippen LogP contribution in [0.3, 0.4) is 0 Å². The fourth-order valence-corrected chi connectivity index (χ4v) is 1.66. The first kappa shape index (κ1) is 11.0. The first-order valence-corrected chi connectivity index (χ1v) is 4.93. The second kappa shape index (κ2) is 3.95. The Labute approximate surface area is 85.5 Å².